The quantitative estimate of drug-likeness (QED) is 0.689. The summed E-state index contributed by atoms with van der Waals surface area (Å²) < 4.78 is 28.4. The molecule has 0 amide bonds. The molecule has 1 aromatic heterocycles. The average Bonchev–Trinajstić information content (AvgIpc) is 2.82. The van der Waals surface area contributed by atoms with Gasteiger partial charge in [-0.1, -0.05) is 23.4 Å². The number of hydrogen-bond donors (Lipinski definition) is 0. The van der Waals surface area contributed by atoms with E-state index in [-0.39, 0.29) is 6.54 Å². The number of Topliss-reactive ketones (excluding diaryl/α,β-unsaturated/α-hetero) is 1. The van der Waals surface area contributed by atoms with Gasteiger partial charge in [0.2, 0.25) is 0 Å². The average molecular weight is 273 g/mol. The van der Waals surface area contributed by atoms with E-state index >= 15 is 0 Å². The van der Waals surface area contributed by atoms with Gasteiger partial charge in [-0.25, -0.2) is 13.5 Å². The largest absolute Gasteiger partial charge is 0.292 e. The lowest BCUT2D eigenvalue weighted by Gasteiger charge is -2.04. The Balaban J connectivity index is 1.97. The number of para-hydroxylation sites is 1. The molecule has 0 bridgehead atoms. The zero-order valence-electron chi connectivity index (χ0n) is 10.3. The third-order valence-corrected chi connectivity index (χ3v) is 2.96. The number of nitrogens with zero attached hydrogens (tertiary/aromatic N) is 3. The molecule has 0 radical (unpaired) electrons. The van der Waals surface area contributed by atoms with Gasteiger partial charge in [-0.05, 0) is 24.3 Å². The molecule has 0 aliphatic rings. The van der Waals surface area contributed by atoms with Gasteiger partial charge in [-0.15, -0.1) is 5.10 Å². The molecule has 0 saturated carbocycles. The van der Waals surface area contributed by atoms with E-state index in [2.05, 4.69) is 10.3 Å². The Bertz CT molecular complexity index is 778. The van der Waals surface area contributed by atoms with Crippen LogP contribution in [0.15, 0.2) is 42.5 Å². The summed E-state index contributed by atoms with van der Waals surface area (Å²) in [6.45, 7) is -0.266. The molecule has 1 heterocycles. The molecule has 0 atom stereocenters. The second kappa shape index (κ2) is 4.80. The minimum absolute atomic E-state index is 0.266. The minimum atomic E-state index is -0.876. The molecule has 0 aliphatic heterocycles. The Kier molecular flexibility index (Phi) is 2.98. The summed E-state index contributed by atoms with van der Waals surface area (Å²) >= 11 is 0. The van der Waals surface area contributed by atoms with Crippen molar-refractivity contribution in [3.8, 4) is 0 Å². The summed E-state index contributed by atoms with van der Waals surface area (Å²) in [5.74, 6) is -2.44. The molecule has 2 aromatic carbocycles. The topological polar surface area (TPSA) is 47.8 Å². The predicted molar refractivity (Wildman–Crippen MR) is 68.2 cm³/mol. The van der Waals surface area contributed by atoms with Crippen LogP contribution in [0.1, 0.15) is 10.4 Å². The molecule has 0 N–H and O–H groups in total. The summed E-state index contributed by atoms with van der Waals surface area (Å²) in [6.07, 6.45) is 0. The normalized spacial score (nSPS) is 10.9. The lowest BCUT2D eigenvalue weighted by Crippen LogP contribution is -2.15. The first-order chi connectivity index (χ1) is 9.66. The Morgan fingerprint density at radius 2 is 1.75 bits per heavy atom. The number of carbonyl (C=O) groups is 1. The fourth-order valence-electron chi connectivity index (χ4n) is 2.01. The summed E-state index contributed by atoms with van der Waals surface area (Å²) in [6, 6.07) is 10.4. The SMILES string of the molecule is O=C(Cn1nnc2ccccc21)c1c(F)cccc1F. The molecule has 0 spiro atoms. The number of hydrogen-bond acceptors (Lipinski definition) is 3. The number of halogens is 2. The number of benzene rings is 2. The van der Waals surface area contributed by atoms with Crippen molar-refractivity contribution in [1.82, 2.24) is 15.0 Å². The van der Waals surface area contributed by atoms with Crippen LogP contribution < -0.4 is 0 Å². The summed E-state index contributed by atoms with van der Waals surface area (Å²) in [5, 5.41) is 7.70. The van der Waals surface area contributed by atoms with Crippen LogP contribution in [0.2, 0.25) is 0 Å². The van der Waals surface area contributed by atoms with Crippen molar-refractivity contribution in [2.24, 2.45) is 0 Å². The summed E-state index contributed by atoms with van der Waals surface area (Å²) in [4.78, 5) is 12.0. The van der Waals surface area contributed by atoms with Crippen molar-refractivity contribution >= 4 is 16.8 Å². The summed E-state index contributed by atoms with van der Waals surface area (Å²) in [7, 11) is 0. The van der Waals surface area contributed by atoms with E-state index in [1.165, 1.54) is 10.7 Å². The van der Waals surface area contributed by atoms with Crippen molar-refractivity contribution < 1.29 is 13.6 Å². The molecule has 0 unspecified atom stereocenters. The van der Waals surface area contributed by atoms with Crippen LogP contribution in [0.4, 0.5) is 8.78 Å². The Morgan fingerprint density at radius 3 is 2.50 bits per heavy atom. The van der Waals surface area contributed by atoms with Gasteiger partial charge in [-0.2, -0.15) is 0 Å². The standard InChI is InChI=1S/C14H9F2N3O/c15-9-4-3-5-10(16)14(9)13(20)8-19-12-7-2-1-6-11(12)17-18-19/h1-7H,8H2. The lowest BCUT2D eigenvalue weighted by molar-refractivity contribution is 0.0960. The minimum Gasteiger partial charge on any atom is -0.292 e. The van der Waals surface area contributed by atoms with Gasteiger partial charge in [-0.3, -0.25) is 4.79 Å². The van der Waals surface area contributed by atoms with Crippen LogP contribution in [0.3, 0.4) is 0 Å². The van der Waals surface area contributed by atoms with E-state index < -0.39 is 23.0 Å². The van der Waals surface area contributed by atoms with Gasteiger partial charge >= 0.3 is 0 Å². The summed E-state index contributed by atoms with van der Waals surface area (Å²) in [5.41, 5.74) is 0.707. The third-order valence-electron chi connectivity index (χ3n) is 2.96. The molecule has 100 valence electrons. The van der Waals surface area contributed by atoms with E-state index in [1.807, 2.05) is 0 Å². The predicted octanol–water partition coefficient (Wildman–Crippen LogP) is 2.59. The Morgan fingerprint density at radius 1 is 1.05 bits per heavy atom. The van der Waals surface area contributed by atoms with E-state index in [0.29, 0.717) is 11.0 Å². The number of aromatic nitrogens is 3. The van der Waals surface area contributed by atoms with Crippen molar-refractivity contribution in [3.05, 3.63) is 59.7 Å². The highest BCUT2D eigenvalue weighted by Crippen LogP contribution is 2.15. The highest BCUT2D eigenvalue weighted by molar-refractivity contribution is 5.97. The van der Waals surface area contributed by atoms with E-state index in [4.69, 9.17) is 0 Å². The van der Waals surface area contributed by atoms with Gasteiger partial charge in [0.05, 0.1) is 11.1 Å². The lowest BCUT2D eigenvalue weighted by atomic mass is 10.1. The van der Waals surface area contributed by atoms with Crippen LogP contribution in [-0.4, -0.2) is 20.8 Å². The second-order valence-electron chi connectivity index (χ2n) is 4.26. The molecule has 3 aromatic rings. The van der Waals surface area contributed by atoms with E-state index in [1.54, 1.807) is 24.3 Å². The molecule has 20 heavy (non-hydrogen) atoms. The molecule has 0 saturated heterocycles. The first kappa shape index (κ1) is 12.4. The van der Waals surface area contributed by atoms with Crippen LogP contribution in [0.5, 0.6) is 0 Å². The Hall–Kier alpha value is -2.63. The number of rotatable bonds is 3. The maximum Gasteiger partial charge on any atom is 0.190 e. The van der Waals surface area contributed by atoms with Gasteiger partial charge in [0.25, 0.3) is 0 Å². The first-order valence-corrected chi connectivity index (χ1v) is 5.92. The number of ketones is 1. The van der Waals surface area contributed by atoms with Crippen molar-refractivity contribution in [3.63, 3.8) is 0 Å². The van der Waals surface area contributed by atoms with Gasteiger partial charge in [0.1, 0.15) is 23.7 Å². The van der Waals surface area contributed by atoms with Gasteiger partial charge in [0.15, 0.2) is 5.78 Å². The van der Waals surface area contributed by atoms with Crippen molar-refractivity contribution in [1.29, 1.82) is 0 Å². The Labute approximate surface area is 112 Å². The molecule has 3 rings (SSSR count). The molecule has 6 heteroatoms. The zero-order valence-corrected chi connectivity index (χ0v) is 10.3. The monoisotopic (exact) mass is 273 g/mol. The zero-order chi connectivity index (χ0) is 14.1. The number of carbonyl (C=O) groups excluding carboxylic acids is 1. The second-order valence-corrected chi connectivity index (χ2v) is 4.26. The maximum absolute atomic E-state index is 13.5. The molecule has 0 fully saturated rings. The first-order valence-electron chi connectivity index (χ1n) is 5.92. The molecule has 0 aliphatic carbocycles. The third kappa shape index (κ3) is 2.05. The van der Waals surface area contributed by atoms with Crippen LogP contribution in [0, 0.1) is 11.6 Å². The molecular formula is C14H9F2N3O. The van der Waals surface area contributed by atoms with Crippen LogP contribution >= 0.6 is 0 Å². The smallest absolute Gasteiger partial charge is 0.190 e. The molecule has 4 nitrogen and oxygen atoms in total. The van der Waals surface area contributed by atoms with E-state index in [9.17, 15) is 13.6 Å². The van der Waals surface area contributed by atoms with Crippen LogP contribution in [-0.2, 0) is 6.54 Å². The fourth-order valence-corrected chi connectivity index (χ4v) is 2.01. The van der Waals surface area contributed by atoms with Crippen LogP contribution in [0.25, 0.3) is 11.0 Å². The number of fused-ring (bicyclic) bond motifs is 1. The van der Waals surface area contributed by atoms with E-state index in [0.717, 1.165) is 12.1 Å². The highest BCUT2D eigenvalue weighted by atomic mass is 19.1. The van der Waals surface area contributed by atoms with Crippen molar-refractivity contribution in [2.75, 3.05) is 0 Å². The highest BCUT2D eigenvalue weighted by Gasteiger charge is 2.18. The maximum atomic E-state index is 13.5. The van der Waals surface area contributed by atoms with Crippen molar-refractivity contribution in [2.45, 2.75) is 6.54 Å². The fraction of sp³-hybridized carbons (Fsp3) is 0.0714. The van der Waals surface area contributed by atoms with Gasteiger partial charge in [0, 0.05) is 0 Å². The van der Waals surface area contributed by atoms with Gasteiger partial charge < -0.3 is 0 Å². The molecular weight excluding hydrogens is 264 g/mol.